The summed E-state index contributed by atoms with van der Waals surface area (Å²) in [6.45, 7) is 5.93. The second-order valence-electron chi connectivity index (χ2n) is 7.14. The van der Waals surface area contributed by atoms with E-state index in [4.69, 9.17) is 21.7 Å². The number of nitrogens with one attached hydrogen (secondary N) is 1. The maximum Gasteiger partial charge on any atom is 0.234 e. The third kappa shape index (κ3) is 4.35. The number of aryl methyl sites for hydroxylation is 3. The Bertz CT molecular complexity index is 1220. The van der Waals surface area contributed by atoms with E-state index in [1.54, 1.807) is 0 Å². The molecule has 30 heavy (non-hydrogen) atoms. The van der Waals surface area contributed by atoms with Crippen LogP contribution in [0.2, 0.25) is 5.02 Å². The molecule has 2 heterocycles. The number of benzene rings is 2. The number of aromatic nitrogens is 3. The molecule has 4 aromatic rings. The highest BCUT2D eigenvalue weighted by Gasteiger charge is 2.17. The predicted molar refractivity (Wildman–Crippen MR) is 123 cm³/mol. The fourth-order valence-electron chi connectivity index (χ4n) is 3.24. The Morgan fingerprint density at radius 1 is 1.07 bits per heavy atom. The van der Waals surface area contributed by atoms with Gasteiger partial charge in [0.15, 0.2) is 5.65 Å². The van der Waals surface area contributed by atoms with E-state index in [9.17, 15) is 4.79 Å². The van der Waals surface area contributed by atoms with Crippen molar-refractivity contribution in [2.24, 2.45) is 0 Å². The van der Waals surface area contributed by atoms with Crippen LogP contribution in [0.4, 0.5) is 5.69 Å². The van der Waals surface area contributed by atoms with E-state index in [0.717, 1.165) is 44.4 Å². The quantitative estimate of drug-likeness (QED) is 0.321. The van der Waals surface area contributed by atoms with Crippen LogP contribution in [0, 0.1) is 20.8 Å². The molecule has 1 amide bonds. The van der Waals surface area contributed by atoms with Gasteiger partial charge in [0.2, 0.25) is 5.91 Å². The number of thioether (sulfide) groups is 1. The minimum absolute atomic E-state index is 0.0618. The third-order valence-corrected chi connectivity index (χ3v) is 5.92. The molecule has 0 radical (unpaired) electrons. The largest absolute Gasteiger partial charge is 0.325 e. The van der Waals surface area contributed by atoms with Crippen molar-refractivity contribution >= 4 is 40.6 Å². The zero-order chi connectivity index (χ0) is 21.3. The Balaban J connectivity index is 1.60. The molecule has 0 bridgehead atoms. The second-order valence-corrected chi connectivity index (χ2v) is 8.57. The molecule has 7 heteroatoms. The summed E-state index contributed by atoms with van der Waals surface area (Å²) in [6.07, 6.45) is 0. The van der Waals surface area contributed by atoms with Gasteiger partial charge in [-0.05, 0) is 56.7 Å². The van der Waals surface area contributed by atoms with Crippen LogP contribution < -0.4 is 5.32 Å². The van der Waals surface area contributed by atoms with Crippen LogP contribution in [0.1, 0.15) is 17.0 Å². The van der Waals surface area contributed by atoms with E-state index in [-0.39, 0.29) is 11.7 Å². The van der Waals surface area contributed by atoms with Gasteiger partial charge in [-0.3, -0.25) is 4.79 Å². The summed E-state index contributed by atoms with van der Waals surface area (Å²) in [5, 5.41) is 9.19. The Kier molecular flexibility index (Phi) is 5.79. The molecule has 5 nitrogen and oxygen atoms in total. The standard InChI is InChI=1S/C23H21ClN4OS/c1-14-4-10-19(11-5-14)26-20(29)13-30-21-12-15(2)25-23-22(16(3)27-28(21)23)17-6-8-18(24)9-7-17/h4-12H,13H2,1-3H3,(H,26,29). The average Bonchev–Trinajstić information content (AvgIpc) is 3.04. The van der Waals surface area contributed by atoms with E-state index < -0.39 is 0 Å². The van der Waals surface area contributed by atoms with E-state index in [1.165, 1.54) is 11.8 Å². The van der Waals surface area contributed by atoms with Crippen LogP contribution in [0.15, 0.2) is 59.6 Å². The fourth-order valence-corrected chi connectivity index (χ4v) is 4.22. The maximum absolute atomic E-state index is 12.4. The lowest BCUT2D eigenvalue weighted by Gasteiger charge is -2.08. The highest BCUT2D eigenvalue weighted by molar-refractivity contribution is 7.99. The Morgan fingerprint density at radius 2 is 1.77 bits per heavy atom. The minimum Gasteiger partial charge on any atom is -0.325 e. The Labute approximate surface area is 184 Å². The van der Waals surface area contributed by atoms with Crippen molar-refractivity contribution in [2.45, 2.75) is 25.8 Å². The van der Waals surface area contributed by atoms with Crippen molar-refractivity contribution in [3.05, 3.63) is 76.6 Å². The first-order valence-electron chi connectivity index (χ1n) is 9.53. The van der Waals surface area contributed by atoms with Gasteiger partial charge < -0.3 is 5.32 Å². The van der Waals surface area contributed by atoms with Gasteiger partial charge in [0.1, 0.15) is 5.03 Å². The van der Waals surface area contributed by atoms with Crippen molar-refractivity contribution in [3.8, 4) is 11.1 Å². The molecular formula is C23H21ClN4OS. The number of hydrogen-bond acceptors (Lipinski definition) is 4. The van der Waals surface area contributed by atoms with E-state index >= 15 is 0 Å². The minimum atomic E-state index is -0.0618. The molecule has 0 spiro atoms. The lowest BCUT2D eigenvalue weighted by Crippen LogP contribution is -2.14. The smallest absolute Gasteiger partial charge is 0.234 e. The van der Waals surface area contributed by atoms with E-state index in [2.05, 4.69) is 5.32 Å². The molecule has 152 valence electrons. The number of hydrogen-bond donors (Lipinski definition) is 1. The number of carbonyl (C=O) groups is 1. The van der Waals surface area contributed by atoms with Crippen LogP contribution in [-0.2, 0) is 4.79 Å². The topological polar surface area (TPSA) is 59.3 Å². The van der Waals surface area contributed by atoms with Gasteiger partial charge >= 0.3 is 0 Å². The van der Waals surface area contributed by atoms with Gasteiger partial charge in [0.25, 0.3) is 0 Å². The number of fused-ring (bicyclic) bond motifs is 1. The lowest BCUT2D eigenvalue weighted by atomic mass is 10.1. The SMILES string of the molecule is Cc1ccc(NC(=O)CSc2cc(C)nc3c(-c4ccc(Cl)cc4)c(C)nn23)cc1. The third-order valence-electron chi connectivity index (χ3n) is 4.68. The summed E-state index contributed by atoms with van der Waals surface area (Å²) in [7, 11) is 0. The normalized spacial score (nSPS) is 11.1. The molecular weight excluding hydrogens is 416 g/mol. The maximum atomic E-state index is 12.4. The van der Waals surface area contributed by atoms with Gasteiger partial charge in [0.05, 0.1) is 11.4 Å². The van der Waals surface area contributed by atoms with Gasteiger partial charge in [-0.1, -0.05) is 53.2 Å². The van der Waals surface area contributed by atoms with Crippen molar-refractivity contribution in [1.29, 1.82) is 0 Å². The zero-order valence-electron chi connectivity index (χ0n) is 16.9. The number of nitrogens with zero attached hydrogens (tertiary/aromatic N) is 3. The second kappa shape index (κ2) is 8.50. The van der Waals surface area contributed by atoms with Gasteiger partial charge in [-0.2, -0.15) is 5.10 Å². The average molecular weight is 437 g/mol. The molecule has 0 fully saturated rings. The number of halogens is 1. The summed E-state index contributed by atoms with van der Waals surface area (Å²) in [5.41, 5.74) is 6.46. The molecule has 0 aliphatic carbocycles. The molecule has 0 saturated carbocycles. The van der Waals surface area contributed by atoms with Crippen LogP contribution in [0.25, 0.3) is 16.8 Å². The summed E-state index contributed by atoms with van der Waals surface area (Å²) in [6, 6.07) is 17.4. The highest BCUT2D eigenvalue weighted by atomic mass is 35.5. The molecule has 0 aliphatic rings. The predicted octanol–water partition coefficient (Wildman–Crippen LogP) is 5.71. The molecule has 0 saturated heterocycles. The summed E-state index contributed by atoms with van der Waals surface area (Å²) in [4.78, 5) is 17.1. The molecule has 0 unspecified atom stereocenters. The van der Waals surface area contributed by atoms with Crippen molar-refractivity contribution in [3.63, 3.8) is 0 Å². The molecule has 1 N–H and O–H groups in total. The monoisotopic (exact) mass is 436 g/mol. The van der Waals surface area contributed by atoms with Gasteiger partial charge in [-0.15, -0.1) is 0 Å². The number of rotatable bonds is 5. The van der Waals surface area contributed by atoms with Gasteiger partial charge in [0, 0.05) is 22.0 Å². The lowest BCUT2D eigenvalue weighted by molar-refractivity contribution is -0.113. The number of amides is 1. The molecule has 2 aromatic heterocycles. The zero-order valence-corrected chi connectivity index (χ0v) is 18.5. The summed E-state index contributed by atoms with van der Waals surface area (Å²) >= 11 is 7.48. The molecule has 4 rings (SSSR count). The van der Waals surface area contributed by atoms with Crippen molar-refractivity contribution in [2.75, 3.05) is 11.1 Å². The van der Waals surface area contributed by atoms with Crippen molar-refractivity contribution < 1.29 is 4.79 Å². The summed E-state index contributed by atoms with van der Waals surface area (Å²) < 4.78 is 1.82. The van der Waals surface area contributed by atoms with E-state index in [1.807, 2.05) is 79.9 Å². The summed E-state index contributed by atoms with van der Waals surface area (Å²) in [5.74, 6) is 0.218. The number of anilines is 1. The van der Waals surface area contributed by atoms with Crippen LogP contribution in [-0.4, -0.2) is 26.3 Å². The Morgan fingerprint density at radius 3 is 2.47 bits per heavy atom. The molecule has 0 atom stereocenters. The van der Waals surface area contributed by atoms with Crippen LogP contribution >= 0.6 is 23.4 Å². The first-order chi connectivity index (χ1) is 14.4. The first-order valence-corrected chi connectivity index (χ1v) is 10.9. The molecule has 2 aromatic carbocycles. The highest BCUT2D eigenvalue weighted by Crippen LogP contribution is 2.31. The van der Waals surface area contributed by atoms with E-state index in [0.29, 0.717) is 5.02 Å². The molecule has 0 aliphatic heterocycles. The first kappa shape index (κ1) is 20.4. The van der Waals surface area contributed by atoms with Gasteiger partial charge in [-0.25, -0.2) is 9.50 Å². The van der Waals surface area contributed by atoms with Crippen LogP contribution in [0.5, 0.6) is 0 Å². The fraction of sp³-hybridized carbons (Fsp3) is 0.174. The Hall–Kier alpha value is -2.83. The van der Waals surface area contributed by atoms with Crippen LogP contribution in [0.3, 0.4) is 0 Å². The number of carbonyl (C=O) groups excluding carboxylic acids is 1. The van der Waals surface area contributed by atoms with Crippen molar-refractivity contribution in [1.82, 2.24) is 14.6 Å².